The summed E-state index contributed by atoms with van der Waals surface area (Å²) in [7, 11) is 1.64. The number of hydrogen-bond donors (Lipinski definition) is 2. The first-order valence-corrected chi connectivity index (χ1v) is 6.40. The second kappa shape index (κ2) is 5.56. The van der Waals surface area contributed by atoms with E-state index in [1.54, 1.807) is 12.0 Å². The third-order valence-electron chi connectivity index (χ3n) is 3.66. The molecule has 0 aromatic heterocycles. The summed E-state index contributed by atoms with van der Waals surface area (Å²) in [5.41, 5.74) is 0. The highest BCUT2D eigenvalue weighted by atomic mass is 16.5. The number of carbonyl (C=O) groups excluding carboxylic acids is 1. The molecule has 18 heavy (non-hydrogen) atoms. The average molecular weight is 256 g/mol. The molecule has 0 aromatic carbocycles. The van der Waals surface area contributed by atoms with Gasteiger partial charge in [-0.1, -0.05) is 0 Å². The van der Waals surface area contributed by atoms with Gasteiger partial charge in [-0.15, -0.1) is 0 Å². The topological polar surface area (TPSA) is 78.9 Å². The van der Waals surface area contributed by atoms with Crippen molar-refractivity contribution in [1.82, 2.24) is 10.2 Å². The van der Waals surface area contributed by atoms with E-state index < -0.39 is 5.97 Å². The Kier molecular flexibility index (Phi) is 4.06. The Morgan fingerprint density at radius 1 is 1.44 bits per heavy atom. The van der Waals surface area contributed by atoms with Gasteiger partial charge in [0, 0.05) is 26.2 Å². The lowest BCUT2D eigenvalue weighted by molar-refractivity contribution is -0.137. The first-order valence-electron chi connectivity index (χ1n) is 6.40. The Bertz CT molecular complexity index is 330. The van der Waals surface area contributed by atoms with Crippen molar-refractivity contribution in [1.29, 1.82) is 0 Å². The Labute approximate surface area is 106 Å². The molecule has 2 amide bonds. The van der Waals surface area contributed by atoms with Crippen molar-refractivity contribution in [2.45, 2.75) is 37.8 Å². The first-order chi connectivity index (χ1) is 8.60. The first kappa shape index (κ1) is 13.1. The van der Waals surface area contributed by atoms with E-state index in [9.17, 15) is 9.59 Å². The van der Waals surface area contributed by atoms with E-state index in [2.05, 4.69) is 5.32 Å². The van der Waals surface area contributed by atoms with Crippen molar-refractivity contribution in [2.75, 3.05) is 20.2 Å². The lowest BCUT2D eigenvalue weighted by atomic mass is 10.1. The number of likely N-dealkylation sites (tertiary alicyclic amines) is 1. The minimum absolute atomic E-state index is 0.0119. The van der Waals surface area contributed by atoms with Crippen molar-refractivity contribution >= 4 is 12.0 Å². The SMILES string of the molecule is COC1CCN(C(=O)NC(CC(=O)O)C2CC2)C1. The van der Waals surface area contributed by atoms with Crippen LogP contribution in [0.5, 0.6) is 0 Å². The lowest BCUT2D eigenvalue weighted by Crippen LogP contribution is -2.45. The van der Waals surface area contributed by atoms with E-state index in [0.717, 1.165) is 19.3 Å². The van der Waals surface area contributed by atoms with Gasteiger partial charge in [0.05, 0.1) is 12.5 Å². The van der Waals surface area contributed by atoms with Gasteiger partial charge in [0.25, 0.3) is 0 Å². The number of aliphatic carboxylic acids is 1. The summed E-state index contributed by atoms with van der Waals surface area (Å²) >= 11 is 0. The molecule has 0 radical (unpaired) electrons. The van der Waals surface area contributed by atoms with Crippen molar-refractivity contribution in [3.05, 3.63) is 0 Å². The van der Waals surface area contributed by atoms with Gasteiger partial charge < -0.3 is 20.1 Å². The molecule has 2 aliphatic rings. The quantitative estimate of drug-likeness (QED) is 0.757. The molecule has 2 rings (SSSR count). The van der Waals surface area contributed by atoms with Crippen molar-refractivity contribution in [3.8, 4) is 0 Å². The van der Waals surface area contributed by atoms with E-state index in [0.29, 0.717) is 19.0 Å². The number of amides is 2. The number of methoxy groups -OCH3 is 1. The summed E-state index contributed by atoms with van der Waals surface area (Å²) in [6.45, 7) is 1.27. The number of urea groups is 1. The number of carbonyl (C=O) groups is 2. The van der Waals surface area contributed by atoms with Crippen LogP contribution in [0.1, 0.15) is 25.7 Å². The fourth-order valence-electron chi connectivity index (χ4n) is 2.38. The number of ether oxygens (including phenoxy) is 1. The van der Waals surface area contributed by atoms with E-state index >= 15 is 0 Å². The van der Waals surface area contributed by atoms with E-state index in [1.165, 1.54) is 0 Å². The zero-order valence-corrected chi connectivity index (χ0v) is 10.6. The molecule has 6 heteroatoms. The summed E-state index contributed by atoms with van der Waals surface area (Å²) in [5.74, 6) is -0.519. The van der Waals surface area contributed by atoms with Crippen molar-refractivity contribution in [2.24, 2.45) is 5.92 Å². The Balaban J connectivity index is 1.83. The highest BCUT2D eigenvalue weighted by molar-refractivity contribution is 5.76. The van der Waals surface area contributed by atoms with Gasteiger partial charge in [0.15, 0.2) is 0 Å². The molecule has 1 aliphatic carbocycles. The molecule has 1 heterocycles. The predicted octanol–water partition coefficient (Wildman–Crippen LogP) is 0.670. The predicted molar refractivity (Wildman–Crippen MR) is 64.3 cm³/mol. The van der Waals surface area contributed by atoms with Crippen LogP contribution in [0, 0.1) is 5.92 Å². The van der Waals surface area contributed by atoms with Crippen LogP contribution >= 0.6 is 0 Å². The van der Waals surface area contributed by atoms with Gasteiger partial charge in [0.2, 0.25) is 0 Å². The second-order valence-electron chi connectivity index (χ2n) is 5.08. The van der Waals surface area contributed by atoms with Crippen LogP contribution < -0.4 is 5.32 Å². The normalized spacial score (nSPS) is 24.9. The van der Waals surface area contributed by atoms with Crippen LogP contribution in [-0.2, 0) is 9.53 Å². The fourth-order valence-corrected chi connectivity index (χ4v) is 2.38. The molecule has 6 nitrogen and oxygen atoms in total. The maximum absolute atomic E-state index is 12.0. The average Bonchev–Trinajstić information content (AvgIpc) is 3.05. The molecular weight excluding hydrogens is 236 g/mol. The van der Waals surface area contributed by atoms with Crippen LogP contribution in [0.2, 0.25) is 0 Å². The van der Waals surface area contributed by atoms with Crippen LogP contribution in [0.15, 0.2) is 0 Å². The molecule has 0 spiro atoms. The minimum atomic E-state index is -0.858. The molecule has 0 aromatic rings. The number of nitrogens with one attached hydrogen (secondary N) is 1. The second-order valence-corrected chi connectivity index (χ2v) is 5.08. The third kappa shape index (κ3) is 3.35. The number of carboxylic acid groups (broad SMARTS) is 1. The maximum atomic E-state index is 12.0. The summed E-state index contributed by atoms with van der Waals surface area (Å²) < 4.78 is 5.21. The molecular formula is C12H20N2O4. The summed E-state index contributed by atoms with van der Waals surface area (Å²) in [4.78, 5) is 24.5. The number of carboxylic acids is 1. The van der Waals surface area contributed by atoms with Gasteiger partial charge >= 0.3 is 12.0 Å². The monoisotopic (exact) mass is 256 g/mol. The largest absolute Gasteiger partial charge is 0.481 e. The van der Waals surface area contributed by atoms with Crippen LogP contribution in [0.4, 0.5) is 4.79 Å². The summed E-state index contributed by atoms with van der Waals surface area (Å²) in [6, 6.07) is -0.385. The number of rotatable bonds is 5. The Hall–Kier alpha value is -1.30. The standard InChI is InChI=1S/C12H20N2O4/c1-18-9-4-5-14(7-9)12(17)13-10(6-11(15)16)8-2-3-8/h8-10H,2-7H2,1H3,(H,13,17)(H,15,16). The Morgan fingerprint density at radius 2 is 2.17 bits per heavy atom. The highest BCUT2D eigenvalue weighted by Crippen LogP contribution is 2.34. The van der Waals surface area contributed by atoms with Gasteiger partial charge in [-0.2, -0.15) is 0 Å². The van der Waals surface area contributed by atoms with Gasteiger partial charge in [0.1, 0.15) is 0 Å². The van der Waals surface area contributed by atoms with Crippen molar-refractivity contribution < 1.29 is 19.4 Å². The maximum Gasteiger partial charge on any atom is 0.317 e. The molecule has 1 saturated heterocycles. The molecule has 2 N–H and O–H groups in total. The molecule has 102 valence electrons. The van der Waals surface area contributed by atoms with Crippen LogP contribution in [0.3, 0.4) is 0 Å². The lowest BCUT2D eigenvalue weighted by Gasteiger charge is -2.22. The van der Waals surface area contributed by atoms with Crippen molar-refractivity contribution in [3.63, 3.8) is 0 Å². The number of nitrogens with zero attached hydrogens (tertiary/aromatic N) is 1. The zero-order chi connectivity index (χ0) is 13.1. The van der Waals surface area contributed by atoms with Crippen LogP contribution in [-0.4, -0.2) is 54.4 Å². The van der Waals surface area contributed by atoms with E-state index in [-0.39, 0.29) is 24.6 Å². The summed E-state index contributed by atoms with van der Waals surface area (Å²) in [5, 5.41) is 11.7. The zero-order valence-electron chi connectivity index (χ0n) is 10.6. The fraction of sp³-hybridized carbons (Fsp3) is 0.833. The molecule has 2 atom stereocenters. The third-order valence-corrected chi connectivity index (χ3v) is 3.66. The molecule has 2 fully saturated rings. The summed E-state index contributed by atoms with van der Waals surface area (Å²) in [6.07, 6.45) is 2.99. The van der Waals surface area contributed by atoms with Crippen LogP contribution in [0.25, 0.3) is 0 Å². The molecule has 1 saturated carbocycles. The highest BCUT2D eigenvalue weighted by Gasteiger charge is 2.35. The molecule has 1 aliphatic heterocycles. The van der Waals surface area contributed by atoms with Gasteiger partial charge in [-0.25, -0.2) is 4.79 Å². The molecule has 2 unspecified atom stereocenters. The van der Waals surface area contributed by atoms with E-state index in [4.69, 9.17) is 9.84 Å². The van der Waals surface area contributed by atoms with E-state index in [1.807, 2.05) is 0 Å². The Morgan fingerprint density at radius 3 is 2.67 bits per heavy atom. The van der Waals surface area contributed by atoms with Gasteiger partial charge in [-0.3, -0.25) is 4.79 Å². The van der Waals surface area contributed by atoms with Gasteiger partial charge in [-0.05, 0) is 25.2 Å². The number of hydrogen-bond acceptors (Lipinski definition) is 3. The minimum Gasteiger partial charge on any atom is -0.481 e. The molecule has 0 bridgehead atoms. The smallest absolute Gasteiger partial charge is 0.317 e.